The van der Waals surface area contributed by atoms with Crippen molar-refractivity contribution in [3.05, 3.63) is 63.9 Å². The molecule has 0 saturated heterocycles. The van der Waals surface area contributed by atoms with Crippen molar-refractivity contribution in [3.8, 4) is 0 Å². The Balaban J connectivity index is 2.08. The predicted molar refractivity (Wildman–Crippen MR) is 78.0 cm³/mol. The number of benzene rings is 2. The van der Waals surface area contributed by atoms with E-state index in [1.807, 2.05) is 30.3 Å². The maximum Gasteiger partial charge on any atom is 0.131 e. The second kappa shape index (κ2) is 6.36. The van der Waals surface area contributed by atoms with Crippen LogP contribution >= 0.6 is 27.7 Å². The molecule has 2 rings (SSSR count). The van der Waals surface area contributed by atoms with Crippen LogP contribution in [0.5, 0.6) is 0 Å². The summed E-state index contributed by atoms with van der Waals surface area (Å²) in [4.78, 5) is 1.12. The zero-order valence-electron chi connectivity index (χ0n) is 9.70. The van der Waals surface area contributed by atoms with Crippen molar-refractivity contribution in [2.75, 3.05) is 0 Å². The SMILES string of the molecule is NCc1cccc(CSc2ccc(Br)cc2)c1F. The molecule has 2 N–H and O–H groups in total. The summed E-state index contributed by atoms with van der Waals surface area (Å²) in [6, 6.07) is 13.4. The largest absolute Gasteiger partial charge is 0.326 e. The average Bonchev–Trinajstić information content (AvgIpc) is 2.39. The van der Waals surface area contributed by atoms with Crippen LogP contribution in [-0.4, -0.2) is 0 Å². The van der Waals surface area contributed by atoms with E-state index in [0.29, 0.717) is 16.9 Å². The summed E-state index contributed by atoms with van der Waals surface area (Å²) in [5.74, 6) is 0.436. The van der Waals surface area contributed by atoms with Gasteiger partial charge in [-0.05, 0) is 29.8 Å². The van der Waals surface area contributed by atoms with E-state index in [-0.39, 0.29) is 12.4 Å². The molecular formula is C14H13BrFNS. The number of thioether (sulfide) groups is 1. The Morgan fingerprint density at radius 3 is 2.39 bits per heavy atom. The van der Waals surface area contributed by atoms with Gasteiger partial charge in [-0.2, -0.15) is 0 Å². The molecule has 0 unspecified atom stereocenters. The summed E-state index contributed by atoms with van der Waals surface area (Å²) in [6.07, 6.45) is 0. The van der Waals surface area contributed by atoms with Gasteiger partial charge in [-0.15, -0.1) is 11.8 Å². The topological polar surface area (TPSA) is 26.0 Å². The summed E-state index contributed by atoms with van der Waals surface area (Å²) in [5, 5.41) is 0. The molecule has 18 heavy (non-hydrogen) atoms. The van der Waals surface area contributed by atoms with Crippen LogP contribution in [0, 0.1) is 5.82 Å². The molecule has 1 nitrogen and oxygen atoms in total. The van der Waals surface area contributed by atoms with Crippen molar-refractivity contribution in [1.82, 2.24) is 0 Å². The molecule has 0 atom stereocenters. The molecule has 0 saturated carbocycles. The minimum Gasteiger partial charge on any atom is -0.326 e. The first-order valence-corrected chi connectivity index (χ1v) is 7.33. The molecule has 0 fully saturated rings. The third-order valence-electron chi connectivity index (χ3n) is 2.59. The van der Waals surface area contributed by atoms with Crippen LogP contribution in [-0.2, 0) is 12.3 Å². The minimum atomic E-state index is -0.176. The highest BCUT2D eigenvalue weighted by Gasteiger charge is 2.07. The highest BCUT2D eigenvalue weighted by molar-refractivity contribution is 9.10. The second-order valence-electron chi connectivity index (χ2n) is 3.84. The van der Waals surface area contributed by atoms with E-state index in [9.17, 15) is 4.39 Å². The first-order chi connectivity index (χ1) is 8.70. The molecule has 0 amide bonds. The van der Waals surface area contributed by atoms with Crippen LogP contribution in [0.4, 0.5) is 4.39 Å². The van der Waals surface area contributed by atoms with Crippen LogP contribution in [0.25, 0.3) is 0 Å². The van der Waals surface area contributed by atoms with E-state index < -0.39 is 0 Å². The molecule has 94 valence electrons. The Kier molecular flexibility index (Phi) is 4.80. The molecular weight excluding hydrogens is 313 g/mol. The summed E-state index contributed by atoms with van der Waals surface area (Å²) in [5.41, 5.74) is 6.76. The fraction of sp³-hybridized carbons (Fsp3) is 0.143. The first-order valence-electron chi connectivity index (χ1n) is 5.55. The molecule has 0 aliphatic carbocycles. The Morgan fingerprint density at radius 2 is 1.72 bits per heavy atom. The molecule has 0 bridgehead atoms. The lowest BCUT2D eigenvalue weighted by atomic mass is 10.1. The van der Waals surface area contributed by atoms with Gasteiger partial charge in [0.15, 0.2) is 0 Å². The smallest absolute Gasteiger partial charge is 0.131 e. The Morgan fingerprint density at radius 1 is 1.06 bits per heavy atom. The minimum absolute atomic E-state index is 0.176. The van der Waals surface area contributed by atoms with Gasteiger partial charge in [0.25, 0.3) is 0 Å². The summed E-state index contributed by atoms with van der Waals surface area (Å²) in [6.45, 7) is 0.239. The fourth-order valence-electron chi connectivity index (χ4n) is 1.59. The fourth-order valence-corrected chi connectivity index (χ4v) is 2.73. The van der Waals surface area contributed by atoms with E-state index in [2.05, 4.69) is 15.9 Å². The van der Waals surface area contributed by atoms with E-state index in [0.717, 1.165) is 9.37 Å². The van der Waals surface area contributed by atoms with Gasteiger partial charge in [0, 0.05) is 27.2 Å². The third-order valence-corrected chi connectivity index (χ3v) is 4.18. The monoisotopic (exact) mass is 325 g/mol. The van der Waals surface area contributed by atoms with E-state index in [1.54, 1.807) is 23.9 Å². The zero-order chi connectivity index (χ0) is 13.0. The molecule has 2 aromatic rings. The van der Waals surface area contributed by atoms with Gasteiger partial charge in [-0.1, -0.05) is 34.1 Å². The Bertz CT molecular complexity index is 528. The van der Waals surface area contributed by atoms with E-state index in [1.165, 1.54) is 0 Å². The maximum atomic E-state index is 13.9. The maximum absolute atomic E-state index is 13.9. The van der Waals surface area contributed by atoms with Crippen LogP contribution in [0.1, 0.15) is 11.1 Å². The van der Waals surface area contributed by atoms with E-state index in [4.69, 9.17) is 5.73 Å². The quantitative estimate of drug-likeness (QED) is 0.846. The lowest BCUT2D eigenvalue weighted by Crippen LogP contribution is -2.02. The Hall–Kier alpha value is -0.840. The predicted octanol–water partition coefficient (Wildman–Crippen LogP) is 4.34. The number of hydrogen-bond donors (Lipinski definition) is 1. The molecule has 0 aliphatic heterocycles. The van der Waals surface area contributed by atoms with Crippen LogP contribution < -0.4 is 5.73 Å². The summed E-state index contributed by atoms with van der Waals surface area (Å²) < 4.78 is 15.0. The van der Waals surface area contributed by atoms with Crippen molar-refractivity contribution in [1.29, 1.82) is 0 Å². The number of rotatable bonds is 4. The molecule has 0 radical (unpaired) electrons. The van der Waals surface area contributed by atoms with Gasteiger partial charge < -0.3 is 5.73 Å². The van der Waals surface area contributed by atoms with Crippen LogP contribution in [0.3, 0.4) is 0 Å². The number of hydrogen-bond acceptors (Lipinski definition) is 2. The van der Waals surface area contributed by atoms with Crippen LogP contribution in [0.15, 0.2) is 51.8 Å². The molecule has 0 aliphatic rings. The zero-order valence-corrected chi connectivity index (χ0v) is 12.1. The van der Waals surface area contributed by atoms with Crippen molar-refractivity contribution in [2.45, 2.75) is 17.2 Å². The van der Waals surface area contributed by atoms with Gasteiger partial charge in [-0.3, -0.25) is 0 Å². The van der Waals surface area contributed by atoms with Crippen molar-refractivity contribution >= 4 is 27.7 Å². The highest BCUT2D eigenvalue weighted by atomic mass is 79.9. The molecule has 0 heterocycles. The number of nitrogens with two attached hydrogens (primary N) is 1. The van der Waals surface area contributed by atoms with Crippen molar-refractivity contribution in [3.63, 3.8) is 0 Å². The van der Waals surface area contributed by atoms with Crippen molar-refractivity contribution in [2.24, 2.45) is 5.73 Å². The molecule has 0 aromatic heterocycles. The Labute approximate surface area is 119 Å². The highest BCUT2D eigenvalue weighted by Crippen LogP contribution is 2.26. The van der Waals surface area contributed by atoms with Gasteiger partial charge in [0.2, 0.25) is 0 Å². The summed E-state index contributed by atoms with van der Waals surface area (Å²) >= 11 is 5.00. The third kappa shape index (κ3) is 3.34. The second-order valence-corrected chi connectivity index (χ2v) is 5.80. The van der Waals surface area contributed by atoms with E-state index >= 15 is 0 Å². The van der Waals surface area contributed by atoms with Gasteiger partial charge in [0.1, 0.15) is 5.82 Å². The lowest BCUT2D eigenvalue weighted by molar-refractivity contribution is 0.600. The molecule has 0 spiro atoms. The normalized spacial score (nSPS) is 10.6. The first kappa shape index (κ1) is 13.6. The molecule has 2 aromatic carbocycles. The lowest BCUT2D eigenvalue weighted by Gasteiger charge is -2.07. The van der Waals surface area contributed by atoms with Crippen molar-refractivity contribution < 1.29 is 4.39 Å². The van der Waals surface area contributed by atoms with Gasteiger partial charge in [0.05, 0.1) is 0 Å². The van der Waals surface area contributed by atoms with Crippen LogP contribution in [0.2, 0.25) is 0 Å². The summed E-state index contributed by atoms with van der Waals surface area (Å²) in [7, 11) is 0. The molecule has 4 heteroatoms. The van der Waals surface area contributed by atoms with Gasteiger partial charge >= 0.3 is 0 Å². The number of halogens is 2. The van der Waals surface area contributed by atoms with Gasteiger partial charge in [-0.25, -0.2) is 4.39 Å². The standard InChI is InChI=1S/C14H13BrFNS/c15-12-4-6-13(7-5-12)18-9-11-3-1-2-10(8-17)14(11)16/h1-7H,8-9,17H2. The average molecular weight is 326 g/mol.